The van der Waals surface area contributed by atoms with E-state index in [4.69, 9.17) is 21.1 Å². The van der Waals surface area contributed by atoms with Crippen LogP contribution in [0.4, 0.5) is 0 Å². The fourth-order valence-corrected chi connectivity index (χ4v) is 2.39. The van der Waals surface area contributed by atoms with E-state index in [2.05, 4.69) is 0 Å². The van der Waals surface area contributed by atoms with Gasteiger partial charge in [0, 0.05) is 10.6 Å². The van der Waals surface area contributed by atoms with E-state index in [0.29, 0.717) is 27.6 Å². The van der Waals surface area contributed by atoms with Crippen molar-refractivity contribution in [2.75, 3.05) is 7.11 Å². The number of benzene rings is 2. The first-order chi connectivity index (χ1) is 11.4. The summed E-state index contributed by atoms with van der Waals surface area (Å²) in [7, 11) is 1.54. The van der Waals surface area contributed by atoms with Crippen LogP contribution in [0.2, 0.25) is 5.02 Å². The highest BCUT2D eigenvalue weighted by Gasteiger charge is 2.14. The van der Waals surface area contributed by atoms with Gasteiger partial charge in [0.2, 0.25) is 0 Å². The molecule has 2 aromatic carbocycles. The second-order valence-corrected chi connectivity index (χ2v) is 5.88. The Labute approximate surface area is 146 Å². The highest BCUT2D eigenvalue weighted by molar-refractivity contribution is 6.31. The Morgan fingerprint density at radius 3 is 2.58 bits per heavy atom. The Balaban J connectivity index is 2.55. The first-order valence-corrected chi connectivity index (χ1v) is 7.84. The third-order valence-corrected chi connectivity index (χ3v) is 3.48. The summed E-state index contributed by atoms with van der Waals surface area (Å²) in [5.74, 6) is 0.124. The summed E-state index contributed by atoms with van der Waals surface area (Å²) in [6.45, 7) is 3.81. The van der Waals surface area contributed by atoms with Crippen LogP contribution < -0.4 is 9.47 Å². The van der Waals surface area contributed by atoms with Crippen LogP contribution in [-0.4, -0.2) is 24.3 Å². The second-order valence-electron chi connectivity index (χ2n) is 5.44. The lowest BCUT2D eigenvalue weighted by Crippen LogP contribution is -2.07. The molecule has 0 saturated heterocycles. The zero-order valence-corrected chi connectivity index (χ0v) is 14.5. The van der Waals surface area contributed by atoms with E-state index in [1.807, 2.05) is 13.8 Å². The van der Waals surface area contributed by atoms with Gasteiger partial charge in [-0.1, -0.05) is 23.7 Å². The number of hydrogen-bond donors (Lipinski definition) is 1. The number of ether oxygens (including phenoxy) is 2. The minimum absolute atomic E-state index is 0.0385. The minimum Gasteiger partial charge on any atom is -0.497 e. The van der Waals surface area contributed by atoms with Crippen molar-refractivity contribution in [3.8, 4) is 11.5 Å². The van der Waals surface area contributed by atoms with Crippen molar-refractivity contribution in [1.82, 2.24) is 0 Å². The third kappa shape index (κ3) is 4.52. The molecule has 0 amide bonds. The zero-order valence-electron chi connectivity index (χ0n) is 13.7. The molecule has 0 heterocycles. The lowest BCUT2D eigenvalue weighted by Gasteiger charge is -2.13. The van der Waals surface area contributed by atoms with Crippen LogP contribution in [0, 0.1) is 0 Å². The molecule has 2 aromatic rings. The maximum absolute atomic E-state index is 11.7. The van der Waals surface area contributed by atoms with Gasteiger partial charge in [-0.2, -0.15) is 0 Å². The van der Waals surface area contributed by atoms with Crippen molar-refractivity contribution in [3.05, 3.63) is 58.6 Å². The molecule has 0 radical (unpaired) electrons. The number of rotatable bonds is 6. The molecule has 126 valence electrons. The zero-order chi connectivity index (χ0) is 17.7. The molecule has 0 aliphatic heterocycles. The molecule has 0 aliphatic rings. The molecular formula is C19H19ClO4. The molecule has 0 bridgehead atoms. The number of carboxylic acids is 1. The average molecular weight is 347 g/mol. The number of aliphatic carboxylic acids is 1. The lowest BCUT2D eigenvalue weighted by molar-refractivity contribution is -0.130. The van der Waals surface area contributed by atoms with Crippen LogP contribution in [0.25, 0.3) is 11.6 Å². The Morgan fingerprint density at radius 2 is 1.96 bits per heavy atom. The van der Waals surface area contributed by atoms with E-state index in [0.717, 1.165) is 0 Å². The normalized spacial score (nSPS) is 11.5. The fraction of sp³-hybridized carbons (Fsp3) is 0.211. The third-order valence-electron chi connectivity index (χ3n) is 3.25. The summed E-state index contributed by atoms with van der Waals surface area (Å²) in [5, 5.41) is 10.1. The van der Waals surface area contributed by atoms with Crippen molar-refractivity contribution >= 4 is 29.2 Å². The van der Waals surface area contributed by atoms with Gasteiger partial charge in [-0.15, -0.1) is 0 Å². The molecule has 0 fully saturated rings. The Hall–Kier alpha value is -2.46. The van der Waals surface area contributed by atoms with E-state index in [-0.39, 0.29) is 11.7 Å². The molecule has 24 heavy (non-hydrogen) atoms. The molecular weight excluding hydrogens is 328 g/mol. The predicted octanol–water partition coefficient (Wildman–Crippen LogP) is 4.76. The smallest absolute Gasteiger partial charge is 0.336 e. The highest BCUT2D eigenvalue weighted by atomic mass is 35.5. The van der Waals surface area contributed by atoms with Gasteiger partial charge in [-0.25, -0.2) is 4.79 Å². The number of methoxy groups -OCH3 is 1. The van der Waals surface area contributed by atoms with E-state index < -0.39 is 5.97 Å². The molecule has 0 aliphatic carbocycles. The molecule has 0 atom stereocenters. The summed E-state index contributed by atoms with van der Waals surface area (Å²) < 4.78 is 10.9. The number of carboxylic acid groups (broad SMARTS) is 1. The van der Waals surface area contributed by atoms with E-state index >= 15 is 0 Å². The van der Waals surface area contributed by atoms with E-state index in [9.17, 15) is 9.90 Å². The lowest BCUT2D eigenvalue weighted by atomic mass is 10.0. The topological polar surface area (TPSA) is 55.8 Å². The average Bonchev–Trinajstić information content (AvgIpc) is 2.54. The molecule has 0 saturated carbocycles. The standard InChI is InChI=1S/C19H19ClO4/c1-12(2)24-18-8-7-15(20)9-14(18)11-17(19(21)22)13-5-4-6-16(10-13)23-3/h4-12H,1-3H3,(H,21,22)/b17-11-. The first-order valence-electron chi connectivity index (χ1n) is 7.46. The van der Waals surface area contributed by atoms with Gasteiger partial charge in [-0.3, -0.25) is 0 Å². The predicted molar refractivity (Wildman–Crippen MR) is 95.7 cm³/mol. The monoisotopic (exact) mass is 346 g/mol. The number of carbonyl (C=O) groups is 1. The van der Waals surface area contributed by atoms with Gasteiger partial charge in [-0.05, 0) is 55.8 Å². The maximum Gasteiger partial charge on any atom is 0.336 e. The largest absolute Gasteiger partial charge is 0.497 e. The van der Waals surface area contributed by atoms with Gasteiger partial charge < -0.3 is 14.6 Å². The van der Waals surface area contributed by atoms with Gasteiger partial charge in [0.25, 0.3) is 0 Å². The van der Waals surface area contributed by atoms with Crippen molar-refractivity contribution < 1.29 is 19.4 Å². The van der Waals surface area contributed by atoms with Gasteiger partial charge in [0.1, 0.15) is 11.5 Å². The molecule has 0 spiro atoms. The van der Waals surface area contributed by atoms with Crippen LogP contribution >= 0.6 is 11.6 Å². The number of hydrogen-bond acceptors (Lipinski definition) is 3. The van der Waals surface area contributed by atoms with E-state index in [1.54, 1.807) is 48.5 Å². The molecule has 4 nitrogen and oxygen atoms in total. The molecule has 1 N–H and O–H groups in total. The highest BCUT2D eigenvalue weighted by Crippen LogP contribution is 2.29. The van der Waals surface area contributed by atoms with Crippen molar-refractivity contribution in [1.29, 1.82) is 0 Å². The summed E-state index contributed by atoms with van der Waals surface area (Å²) in [5.41, 5.74) is 1.28. The first kappa shape index (κ1) is 17.9. The maximum atomic E-state index is 11.7. The van der Waals surface area contributed by atoms with Gasteiger partial charge in [0.15, 0.2) is 0 Å². The van der Waals surface area contributed by atoms with Gasteiger partial charge >= 0.3 is 5.97 Å². The van der Waals surface area contributed by atoms with Crippen LogP contribution in [0.3, 0.4) is 0 Å². The molecule has 0 aromatic heterocycles. The van der Waals surface area contributed by atoms with Crippen molar-refractivity contribution in [3.63, 3.8) is 0 Å². The minimum atomic E-state index is -1.04. The Bertz CT molecular complexity index is 766. The summed E-state index contributed by atoms with van der Waals surface area (Å²) in [6.07, 6.45) is 1.52. The van der Waals surface area contributed by atoms with Crippen LogP contribution in [-0.2, 0) is 4.79 Å². The van der Waals surface area contributed by atoms with Crippen LogP contribution in [0.5, 0.6) is 11.5 Å². The molecule has 5 heteroatoms. The van der Waals surface area contributed by atoms with E-state index in [1.165, 1.54) is 7.11 Å². The summed E-state index contributed by atoms with van der Waals surface area (Å²) in [6, 6.07) is 12.0. The van der Waals surface area contributed by atoms with Crippen LogP contribution in [0.15, 0.2) is 42.5 Å². The van der Waals surface area contributed by atoms with Gasteiger partial charge in [0.05, 0.1) is 18.8 Å². The van der Waals surface area contributed by atoms with Crippen LogP contribution in [0.1, 0.15) is 25.0 Å². The quantitative estimate of drug-likeness (QED) is 0.605. The molecule has 0 unspecified atom stereocenters. The molecule has 2 rings (SSSR count). The summed E-state index contributed by atoms with van der Waals surface area (Å²) in [4.78, 5) is 11.7. The SMILES string of the molecule is COc1cccc(/C(=C/c2cc(Cl)ccc2OC(C)C)C(=O)O)c1. The Morgan fingerprint density at radius 1 is 1.21 bits per heavy atom. The van der Waals surface area contributed by atoms with Crippen molar-refractivity contribution in [2.45, 2.75) is 20.0 Å². The number of halogens is 1. The second kappa shape index (κ2) is 7.88. The summed E-state index contributed by atoms with van der Waals surface area (Å²) >= 11 is 6.06. The fourth-order valence-electron chi connectivity index (χ4n) is 2.21. The van der Waals surface area contributed by atoms with Crippen molar-refractivity contribution in [2.24, 2.45) is 0 Å². The Kier molecular flexibility index (Phi) is 5.88.